The molecule has 0 saturated heterocycles. The van der Waals surface area contributed by atoms with Crippen LogP contribution < -0.4 is 0 Å². The molecule has 2 rings (SSSR count). The molecule has 0 atom stereocenters. The van der Waals surface area contributed by atoms with E-state index in [1.807, 2.05) is 46.8 Å². The van der Waals surface area contributed by atoms with Crippen molar-refractivity contribution >= 4 is 11.6 Å². The molecular formula is C19H23ClF2. The minimum atomic E-state index is -0.278. The van der Waals surface area contributed by atoms with Gasteiger partial charge in [0, 0.05) is 5.02 Å². The second kappa shape index (κ2) is 8.28. The molecule has 0 saturated carbocycles. The first-order valence-electron chi connectivity index (χ1n) is 7.43. The van der Waals surface area contributed by atoms with Gasteiger partial charge in [-0.3, -0.25) is 0 Å². The molecule has 0 bridgehead atoms. The lowest BCUT2D eigenvalue weighted by Gasteiger charge is -2.06. The first kappa shape index (κ1) is 18.6. The summed E-state index contributed by atoms with van der Waals surface area (Å²) in [5.41, 5.74) is 2.77. The van der Waals surface area contributed by atoms with Gasteiger partial charge in [0.15, 0.2) is 0 Å². The van der Waals surface area contributed by atoms with E-state index >= 15 is 0 Å². The van der Waals surface area contributed by atoms with Crippen LogP contribution in [0, 0.1) is 18.6 Å². The standard InChI is InChI=1S/C10H13F.C9H10ClF/c1-7(2)9-5-4-8(3)6-10(9)11;1-6(2)8-4-3-7(11)5-9(8)10/h4-7H,1-3H3;3-6H,1-2H3. The number of hydrogen-bond acceptors (Lipinski definition) is 0. The minimum absolute atomic E-state index is 0.0833. The molecule has 0 unspecified atom stereocenters. The molecule has 22 heavy (non-hydrogen) atoms. The van der Waals surface area contributed by atoms with Gasteiger partial charge < -0.3 is 0 Å². The summed E-state index contributed by atoms with van der Waals surface area (Å²) < 4.78 is 25.6. The van der Waals surface area contributed by atoms with Gasteiger partial charge in [-0.05, 0) is 53.6 Å². The summed E-state index contributed by atoms with van der Waals surface area (Å²) in [7, 11) is 0. The number of benzene rings is 2. The lowest BCUT2D eigenvalue weighted by molar-refractivity contribution is 0.597. The molecule has 2 aromatic rings. The first-order valence-corrected chi connectivity index (χ1v) is 7.81. The van der Waals surface area contributed by atoms with Crippen LogP contribution in [0.15, 0.2) is 36.4 Å². The number of rotatable bonds is 2. The highest BCUT2D eigenvalue weighted by atomic mass is 35.5. The molecule has 3 heteroatoms. The van der Waals surface area contributed by atoms with Gasteiger partial charge in [-0.2, -0.15) is 0 Å². The van der Waals surface area contributed by atoms with Crippen LogP contribution in [0.3, 0.4) is 0 Å². The zero-order valence-corrected chi connectivity index (χ0v) is 14.5. The molecule has 0 aliphatic carbocycles. The van der Waals surface area contributed by atoms with Crippen LogP contribution in [0.25, 0.3) is 0 Å². The van der Waals surface area contributed by atoms with Gasteiger partial charge in [0.05, 0.1) is 0 Å². The second-order valence-electron chi connectivity index (χ2n) is 6.00. The summed E-state index contributed by atoms with van der Waals surface area (Å²) in [6.07, 6.45) is 0. The highest BCUT2D eigenvalue weighted by molar-refractivity contribution is 6.31. The molecule has 0 N–H and O–H groups in total. The summed E-state index contributed by atoms with van der Waals surface area (Å²) in [5.74, 6) is 0.262. The maximum atomic E-state index is 13.1. The molecule has 0 aromatic heterocycles. The van der Waals surface area contributed by atoms with E-state index in [4.69, 9.17) is 11.6 Å². The predicted octanol–water partition coefficient (Wildman–Crippen LogP) is 6.86. The summed E-state index contributed by atoms with van der Waals surface area (Å²) in [5, 5.41) is 0.514. The Morgan fingerprint density at radius 3 is 1.82 bits per heavy atom. The lowest BCUT2D eigenvalue weighted by atomic mass is 10.0. The molecule has 0 nitrogen and oxygen atoms in total. The fourth-order valence-corrected chi connectivity index (χ4v) is 2.46. The van der Waals surface area contributed by atoms with E-state index in [1.54, 1.807) is 12.1 Å². The summed E-state index contributed by atoms with van der Waals surface area (Å²) in [6, 6.07) is 9.88. The van der Waals surface area contributed by atoms with Gasteiger partial charge in [-0.1, -0.05) is 57.5 Å². The Hall–Kier alpha value is -1.41. The van der Waals surface area contributed by atoms with Gasteiger partial charge in [0.25, 0.3) is 0 Å². The van der Waals surface area contributed by atoms with Crippen molar-refractivity contribution < 1.29 is 8.78 Å². The van der Waals surface area contributed by atoms with E-state index in [2.05, 4.69) is 0 Å². The monoisotopic (exact) mass is 324 g/mol. The SMILES string of the molecule is CC(C)c1ccc(F)cc1Cl.Cc1ccc(C(C)C)c(F)c1. The van der Waals surface area contributed by atoms with E-state index < -0.39 is 0 Å². The minimum Gasteiger partial charge on any atom is -0.207 e. The van der Waals surface area contributed by atoms with E-state index in [0.29, 0.717) is 10.9 Å². The fraction of sp³-hybridized carbons (Fsp3) is 0.368. The summed E-state index contributed by atoms with van der Waals surface area (Å²) in [4.78, 5) is 0. The highest BCUT2D eigenvalue weighted by Gasteiger charge is 2.05. The van der Waals surface area contributed by atoms with Crippen LogP contribution in [0.5, 0.6) is 0 Å². The van der Waals surface area contributed by atoms with Gasteiger partial charge in [-0.15, -0.1) is 0 Å². The zero-order valence-electron chi connectivity index (χ0n) is 13.8. The van der Waals surface area contributed by atoms with Crippen molar-refractivity contribution in [1.29, 1.82) is 0 Å². The zero-order chi connectivity index (χ0) is 16.9. The van der Waals surface area contributed by atoms with Gasteiger partial charge >= 0.3 is 0 Å². The van der Waals surface area contributed by atoms with E-state index in [1.165, 1.54) is 12.1 Å². The van der Waals surface area contributed by atoms with Crippen molar-refractivity contribution in [2.24, 2.45) is 0 Å². The molecule has 0 heterocycles. The van der Waals surface area contributed by atoms with Gasteiger partial charge in [0.1, 0.15) is 11.6 Å². The topological polar surface area (TPSA) is 0 Å². The maximum Gasteiger partial charge on any atom is 0.126 e. The summed E-state index contributed by atoms with van der Waals surface area (Å²) >= 11 is 5.78. The first-order chi connectivity index (χ1) is 10.2. The molecule has 120 valence electrons. The Kier molecular flexibility index (Phi) is 7.02. The quantitative estimate of drug-likeness (QED) is 0.566. The third kappa shape index (κ3) is 5.42. The molecule has 0 fully saturated rings. The van der Waals surface area contributed by atoms with E-state index in [-0.39, 0.29) is 17.6 Å². The van der Waals surface area contributed by atoms with Crippen molar-refractivity contribution in [2.45, 2.75) is 46.5 Å². The largest absolute Gasteiger partial charge is 0.207 e. The molecule has 0 aliphatic rings. The van der Waals surface area contributed by atoms with Crippen LogP contribution >= 0.6 is 11.6 Å². The average molecular weight is 325 g/mol. The molecule has 2 aromatic carbocycles. The van der Waals surface area contributed by atoms with Crippen LogP contribution in [0.4, 0.5) is 8.78 Å². The van der Waals surface area contributed by atoms with Crippen molar-refractivity contribution in [3.63, 3.8) is 0 Å². The molecule has 0 amide bonds. The lowest BCUT2D eigenvalue weighted by Crippen LogP contribution is -1.92. The Morgan fingerprint density at radius 2 is 1.36 bits per heavy atom. The van der Waals surface area contributed by atoms with Crippen molar-refractivity contribution in [3.05, 3.63) is 69.7 Å². The predicted molar refractivity (Wildman–Crippen MR) is 90.7 cm³/mol. The Balaban J connectivity index is 0.000000220. The highest BCUT2D eigenvalue weighted by Crippen LogP contribution is 2.24. The normalized spacial score (nSPS) is 10.6. The van der Waals surface area contributed by atoms with Crippen molar-refractivity contribution in [1.82, 2.24) is 0 Å². The molecule has 0 aliphatic heterocycles. The third-order valence-corrected chi connectivity index (χ3v) is 3.69. The fourth-order valence-electron chi connectivity index (χ4n) is 2.07. The Bertz CT molecular complexity index is 563. The van der Waals surface area contributed by atoms with Gasteiger partial charge in [-0.25, -0.2) is 8.78 Å². The van der Waals surface area contributed by atoms with E-state index in [0.717, 1.165) is 16.7 Å². The van der Waals surface area contributed by atoms with Gasteiger partial charge in [0.2, 0.25) is 0 Å². The number of aryl methyl sites for hydroxylation is 1. The molecule has 0 spiro atoms. The second-order valence-corrected chi connectivity index (χ2v) is 6.41. The van der Waals surface area contributed by atoms with Crippen LogP contribution in [-0.4, -0.2) is 0 Å². The average Bonchev–Trinajstić information content (AvgIpc) is 2.38. The van der Waals surface area contributed by atoms with Crippen LogP contribution in [-0.2, 0) is 0 Å². The van der Waals surface area contributed by atoms with Crippen molar-refractivity contribution in [2.75, 3.05) is 0 Å². The Morgan fingerprint density at radius 1 is 0.818 bits per heavy atom. The van der Waals surface area contributed by atoms with Crippen LogP contribution in [0.2, 0.25) is 5.02 Å². The molecule has 0 radical (unpaired) electrons. The summed E-state index contributed by atoms with van der Waals surface area (Å²) in [6.45, 7) is 9.94. The molecular weight excluding hydrogens is 302 g/mol. The van der Waals surface area contributed by atoms with E-state index in [9.17, 15) is 8.78 Å². The number of hydrogen-bond donors (Lipinski definition) is 0. The van der Waals surface area contributed by atoms with Crippen molar-refractivity contribution in [3.8, 4) is 0 Å². The Labute approximate surface area is 137 Å². The third-order valence-electron chi connectivity index (χ3n) is 3.36. The maximum absolute atomic E-state index is 13.1. The number of halogens is 3. The van der Waals surface area contributed by atoms with Crippen LogP contribution in [0.1, 0.15) is 56.2 Å². The smallest absolute Gasteiger partial charge is 0.126 e.